The molecular weight excluding hydrogens is 318 g/mol. The minimum Gasteiger partial charge on any atom is -0.343 e. The van der Waals surface area contributed by atoms with Gasteiger partial charge >= 0.3 is 0 Å². The number of hydrogen-bond acceptors (Lipinski definition) is 3. The standard InChI is InChI=1S/C19H27N3O3/c1-3-5-12-21(4-2)18(24)14-20-19(25)15-8-10-16(11-9-15)22-13-6-7-17(22)23/h8-11H,3-7,12-14H2,1-2H3,(H,20,25). The van der Waals surface area contributed by atoms with Crippen molar-refractivity contribution in [3.05, 3.63) is 29.8 Å². The molecular formula is C19H27N3O3. The molecule has 1 aliphatic heterocycles. The van der Waals surface area contributed by atoms with Crippen LogP contribution in [0.15, 0.2) is 24.3 Å². The predicted molar refractivity (Wildman–Crippen MR) is 97.5 cm³/mol. The van der Waals surface area contributed by atoms with Crippen LogP contribution in [-0.2, 0) is 9.59 Å². The average Bonchev–Trinajstić information content (AvgIpc) is 3.06. The van der Waals surface area contributed by atoms with Crippen LogP contribution < -0.4 is 10.2 Å². The number of hydrogen-bond donors (Lipinski definition) is 1. The van der Waals surface area contributed by atoms with Gasteiger partial charge in [0.05, 0.1) is 6.54 Å². The van der Waals surface area contributed by atoms with Crippen LogP contribution in [0.2, 0.25) is 0 Å². The maximum atomic E-state index is 12.2. The molecule has 136 valence electrons. The van der Waals surface area contributed by atoms with Gasteiger partial charge in [-0.1, -0.05) is 13.3 Å². The third-order valence-electron chi connectivity index (χ3n) is 4.43. The molecule has 6 heteroatoms. The molecule has 0 saturated carbocycles. The zero-order valence-corrected chi connectivity index (χ0v) is 15.1. The van der Waals surface area contributed by atoms with Crippen LogP contribution in [-0.4, -0.2) is 48.8 Å². The van der Waals surface area contributed by atoms with Crippen LogP contribution in [0.5, 0.6) is 0 Å². The summed E-state index contributed by atoms with van der Waals surface area (Å²) in [6.07, 6.45) is 3.44. The van der Waals surface area contributed by atoms with Gasteiger partial charge in [-0.05, 0) is 44.0 Å². The van der Waals surface area contributed by atoms with Crippen molar-refractivity contribution < 1.29 is 14.4 Å². The van der Waals surface area contributed by atoms with Crippen molar-refractivity contribution in [3.63, 3.8) is 0 Å². The van der Waals surface area contributed by atoms with Crippen LogP contribution in [0, 0.1) is 0 Å². The van der Waals surface area contributed by atoms with Gasteiger partial charge in [-0.3, -0.25) is 14.4 Å². The summed E-state index contributed by atoms with van der Waals surface area (Å²) in [6, 6.07) is 6.93. The van der Waals surface area contributed by atoms with Crippen molar-refractivity contribution in [1.82, 2.24) is 10.2 Å². The molecule has 1 fully saturated rings. The molecule has 0 aromatic heterocycles. The Labute approximate surface area is 149 Å². The Kier molecular flexibility index (Phi) is 6.98. The molecule has 1 N–H and O–H groups in total. The van der Waals surface area contributed by atoms with Gasteiger partial charge in [0.15, 0.2) is 0 Å². The third kappa shape index (κ3) is 5.05. The Balaban J connectivity index is 1.88. The molecule has 6 nitrogen and oxygen atoms in total. The van der Waals surface area contributed by atoms with E-state index >= 15 is 0 Å². The van der Waals surface area contributed by atoms with Crippen LogP contribution in [0.1, 0.15) is 49.9 Å². The second-order valence-electron chi connectivity index (χ2n) is 6.21. The van der Waals surface area contributed by atoms with Gasteiger partial charge in [-0.2, -0.15) is 0 Å². The summed E-state index contributed by atoms with van der Waals surface area (Å²) in [5.74, 6) is -0.225. The summed E-state index contributed by atoms with van der Waals surface area (Å²) < 4.78 is 0. The van der Waals surface area contributed by atoms with Crippen molar-refractivity contribution in [2.75, 3.05) is 31.1 Å². The van der Waals surface area contributed by atoms with E-state index in [0.717, 1.165) is 38.0 Å². The molecule has 3 amide bonds. The van der Waals surface area contributed by atoms with E-state index in [4.69, 9.17) is 0 Å². The maximum absolute atomic E-state index is 12.2. The number of anilines is 1. The van der Waals surface area contributed by atoms with Crippen LogP contribution in [0.25, 0.3) is 0 Å². The zero-order chi connectivity index (χ0) is 18.2. The smallest absolute Gasteiger partial charge is 0.251 e. The van der Waals surface area contributed by atoms with E-state index in [1.54, 1.807) is 34.1 Å². The minimum atomic E-state index is -0.279. The first-order valence-electron chi connectivity index (χ1n) is 9.03. The summed E-state index contributed by atoms with van der Waals surface area (Å²) in [5, 5.41) is 2.68. The highest BCUT2D eigenvalue weighted by Crippen LogP contribution is 2.21. The number of rotatable bonds is 8. The Morgan fingerprint density at radius 1 is 1.20 bits per heavy atom. The van der Waals surface area contributed by atoms with Crippen LogP contribution >= 0.6 is 0 Å². The van der Waals surface area contributed by atoms with Crippen molar-refractivity contribution >= 4 is 23.4 Å². The van der Waals surface area contributed by atoms with E-state index in [9.17, 15) is 14.4 Å². The summed E-state index contributed by atoms with van der Waals surface area (Å²) in [7, 11) is 0. The second kappa shape index (κ2) is 9.20. The lowest BCUT2D eigenvalue weighted by atomic mass is 10.2. The fourth-order valence-corrected chi connectivity index (χ4v) is 2.89. The monoisotopic (exact) mass is 345 g/mol. The second-order valence-corrected chi connectivity index (χ2v) is 6.21. The van der Waals surface area contributed by atoms with Gasteiger partial charge < -0.3 is 15.1 Å². The number of nitrogens with one attached hydrogen (secondary N) is 1. The molecule has 1 saturated heterocycles. The van der Waals surface area contributed by atoms with Crippen molar-refractivity contribution in [3.8, 4) is 0 Å². The number of amides is 3. The highest BCUT2D eigenvalue weighted by Gasteiger charge is 2.21. The minimum absolute atomic E-state index is 0.00273. The molecule has 1 heterocycles. The van der Waals surface area contributed by atoms with E-state index in [0.29, 0.717) is 18.5 Å². The fraction of sp³-hybridized carbons (Fsp3) is 0.526. The molecule has 0 radical (unpaired) electrons. The molecule has 0 atom stereocenters. The first-order valence-corrected chi connectivity index (χ1v) is 9.03. The first-order chi connectivity index (χ1) is 12.1. The maximum Gasteiger partial charge on any atom is 0.251 e. The molecule has 1 aromatic rings. The van der Waals surface area contributed by atoms with E-state index < -0.39 is 0 Å². The van der Waals surface area contributed by atoms with Gasteiger partial charge in [-0.15, -0.1) is 0 Å². The molecule has 0 spiro atoms. The lowest BCUT2D eigenvalue weighted by Crippen LogP contribution is -2.40. The quantitative estimate of drug-likeness (QED) is 0.785. The van der Waals surface area contributed by atoms with Gasteiger partial charge in [-0.25, -0.2) is 0 Å². The highest BCUT2D eigenvalue weighted by molar-refractivity contribution is 5.98. The van der Waals surface area contributed by atoms with Crippen molar-refractivity contribution in [2.45, 2.75) is 39.5 Å². The summed E-state index contributed by atoms with van der Waals surface area (Å²) in [5.41, 5.74) is 1.30. The molecule has 25 heavy (non-hydrogen) atoms. The average molecular weight is 345 g/mol. The molecule has 0 bridgehead atoms. The van der Waals surface area contributed by atoms with Gasteiger partial charge in [0.2, 0.25) is 11.8 Å². The van der Waals surface area contributed by atoms with Gasteiger partial charge in [0.25, 0.3) is 5.91 Å². The summed E-state index contributed by atoms with van der Waals surface area (Å²) >= 11 is 0. The molecule has 0 unspecified atom stereocenters. The number of benzene rings is 1. The normalized spacial score (nSPS) is 13.8. The molecule has 1 aliphatic rings. The molecule has 1 aromatic carbocycles. The SMILES string of the molecule is CCCCN(CC)C(=O)CNC(=O)c1ccc(N2CCCC2=O)cc1. The first kappa shape index (κ1) is 19.0. The van der Waals surface area contributed by atoms with Crippen molar-refractivity contribution in [1.29, 1.82) is 0 Å². The Morgan fingerprint density at radius 3 is 2.48 bits per heavy atom. The summed E-state index contributed by atoms with van der Waals surface area (Å²) in [6.45, 7) is 6.12. The number of carbonyl (C=O) groups is 3. The topological polar surface area (TPSA) is 69.7 Å². The Hall–Kier alpha value is -2.37. The number of nitrogens with zero attached hydrogens (tertiary/aromatic N) is 2. The van der Waals surface area contributed by atoms with Crippen molar-refractivity contribution in [2.24, 2.45) is 0 Å². The predicted octanol–water partition coefficient (Wildman–Crippen LogP) is 2.19. The highest BCUT2D eigenvalue weighted by atomic mass is 16.2. The van der Waals surface area contributed by atoms with E-state index in [2.05, 4.69) is 12.2 Å². The zero-order valence-electron chi connectivity index (χ0n) is 15.1. The molecule has 2 rings (SSSR count). The molecule has 0 aliphatic carbocycles. The van der Waals surface area contributed by atoms with Crippen LogP contribution in [0.3, 0.4) is 0 Å². The third-order valence-corrected chi connectivity index (χ3v) is 4.43. The van der Waals surface area contributed by atoms with E-state index in [1.807, 2.05) is 6.92 Å². The number of likely N-dealkylation sites (N-methyl/N-ethyl adjacent to an activating group) is 1. The van der Waals surface area contributed by atoms with Gasteiger partial charge in [0.1, 0.15) is 0 Å². The lowest BCUT2D eigenvalue weighted by Gasteiger charge is -2.20. The number of carbonyl (C=O) groups excluding carboxylic acids is 3. The fourth-order valence-electron chi connectivity index (χ4n) is 2.89. The Morgan fingerprint density at radius 2 is 1.92 bits per heavy atom. The van der Waals surface area contributed by atoms with E-state index in [-0.39, 0.29) is 24.3 Å². The van der Waals surface area contributed by atoms with Gasteiger partial charge in [0, 0.05) is 37.3 Å². The van der Waals surface area contributed by atoms with Crippen LogP contribution in [0.4, 0.5) is 5.69 Å². The van der Waals surface area contributed by atoms with E-state index in [1.165, 1.54) is 0 Å². The number of unbranched alkanes of at least 4 members (excludes halogenated alkanes) is 1. The Bertz CT molecular complexity index is 613. The summed E-state index contributed by atoms with van der Waals surface area (Å²) in [4.78, 5) is 39.6. The largest absolute Gasteiger partial charge is 0.343 e. The lowest BCUT2D eigenvalue weighted by molar-refractivity contribution is -0.130.